The molecule has 2 aromatic heterocycles. The molecule has 2 aromatic rings. The molecule has 1 aliphatic carbocycles. The van der Waals surface area contributed by atoms with Gasteiger partial charge in [0.05, 0.1) is 12.7 Å². The summed E-state index contributed by atoms with van der Waals surface area (Å²) in [5.74, 6) is 1.42. The molecule has 4 heterocycles. The van der Waals surface area contributed by atoms with Crippen molar-refractivity contribution in [2.75, 3.05) is 6.61 Å². The Bertz CT molecular complexity index is 465. The van der Waals surface area contributed by atoms with E-state index in [1.165, 1.54) is 24.8 Å². The molecule has 0 N–H and O–H groups in total. The van der Waals surface area contributed by atoms with Crippen molar-refractivity contribution in [3.8, 4) is 0 Å². The van der Waals surface area contributed by atoms with Gasteiger partial charge in [0.1, 0.15) is 11.2 Å². The first kappa shape index (κ1) is 8.17. The fraction of sp³-hybridized carbons (Fsp3) is 0.538. The SMILES string of the molecule is c1cc2oc1cc2C1CC2CCC1CO2. The van der Waals surface area contributed by atoms with Crippen LogP contribution in [-0.4, -0.2) is 12.7 Å². The fourth-order valence-corrected chi connectivity index (χ4v) is 3.29. The van der Waals surface area contributed by atoms with E-state index < -0.39 is 0 Å². The summed E-state index contributed by atoms with van der Waals surface area (Å²) in [6.07, 6.45) is 4.30. The van der Waals surface area contributed by atoms with Crippen LogP contribution in [-0.2, 0) is 4.74 Å². The standard InChI is InChI=1S/C13H14O2/c1-2-9-5-11(8(1)7-14-9)12-6-10-3-4-13(12)15-10/h3-4,6,8-9,11H,1-2,5,7H2. The molecule has 0 radical (unpaired) electrons. The van der Waals surface area contributed by atoms with Crippen molar-refractivity contribution in [3.63, 3.8) is 0 Å². The predicted octanol–water partition coefficient (Wildman–Crippen LogP) is 3.15. The van der Waals surface area contributed by atoms with Crippen LogP contribution in [0.3, 0.4) is 0 Å². The molecule has 15 heavy (non-hydrogen) atoms. The van der Waals surface area contributed by atoms with Gasteiger partial charge in [0, 0.05) is 5.56 Å². The van der Waals surface area contributed by atoms with Crippen LogP contribution in [0.15, 0.2) is 22.6 Å². The van der Waals surface area contributed by atoms with Gasteiger partial charge in [0.15, 0.2) is 0 Å². The summed E-state index contributed by atoms with van der Waals surface area (Å²) in [7, 11) is 0. The van der Waals surface area contributed by atoms with Crippen molar-refractivity contribution in [2.45, 2.75) is 31.3 Å². The monoisotopic (exact) mass is 202 g/mol. The van der Waals surface area contributed by atoms with Crippen LogP contribution in [0.25, 0.3) is 11.2 Å². The molecule has 3 aliphatic rings. The quantitative estimate of drug-likeness (QED) is 0.708. The Kier molecular flexibility index (Phi) is 1.50. The predicted molar refractivity (Wildman–Crippen MR) is 57.2 cm³/mol. The molecular weight excluding hydrogens is 188 g/mol. The summed E-state index contributed by atoms with van der Waals surface area (Å²) in [6.45, 7) is 0.957. The number of hydrogen-bond donors (Lipinski definition) is 0. The van der Waals surface area contributed by atoms with Crippen LogP contribution < -0.4 is 0 Å². The van der Waals surface area contributed by atoms with Crippen LogP contribution >= 0.6 is 0 Å². The highest BCUT2D eigenvalue weighted by atomic mass is 16.5. The normalized spacial score (nSPS) is 35.3. The molecule has 2 heteroatoms. The minimum atomic E-state index is 0.509. The van der Waals surface area contributed by atoms with Gasteiger partial charge < -0.3 is 9.15 Å². The lowest BCUT2D eigenvalue weighted by molar-refractivity contribution is -0.0734. The van der Waals surface area contributed by atoms with Crippen LogP contribution in [0.4, 0.5) is 0 Å². The summed E-state index contributed by atoms with van der Waals surface area (Å²) in [4.78, 5) is 0. The van der Waals surface area contributed by atoms with E-state index in [4.69, 9.17) is 9.15 Å². The minimum absolute atomic E-state index is 0.509. The smallest absolute Gasteiger partial charge is 0.131 e. The first-order valence-electron chi connectivity index (χ1n) is 5.83. The lowest BCUT2D eigenvalue weighted by Gasteiger charge is -2.42. The first-order chi connectivity index (χ1) is 7.40. The van der Waals surface area contributed by atoms with Crippen molar-refractivity contribution in [2.24, 2.45) is 5.92 Å². The van der Waals surface area contributed by atoms with Gasteiger partial charge in [-0.15, -0.1) is 0 Å². The van der Waals surface area contributed by atoms with Gasteiger partial charge >= 0.3 is 0 Å². The maximum absolute atomic E-state index is 5.74. The molecule has 78 valence electrons. The van der Waals surface area contributed by atoms with E-state index in [2.05, 4.69) is 18.2 Å². The maximum atomic E-state index is 5.74. The van der Waals surface area contributed by atoms with Crippen molar-refractivity contribution >= 4 is 11.2 Å². The molecule has 0 spiro atoms. The number of rotatable bonds is 1. The Hall–Kier alpha value is -1.02. The van der Waals surface area contributed by atoms with Gasteiger partial charge in [-0.25, -0.2) is 0 Å². The summed E-state index contributed by atoms with van der Waals surface area (Å²) in [5.41, 5.74) is 3.57. The molecule has 3 atom stereocenters. The van der Waals surface area contributed by atoms with Gasteiger partial charge in [-0.3, -0.25) is 0 Å². The number of ether oxygens (including phenoxy) is 1. The largest absolute Gasteiger partial charge is 0.457 e. The zero-order valence-electron chi connectivity index (χ0n) is 8.61. The second-order valence-corrected chi connectivity index (χ2v) is 4.94. The highest BCUT2D eigenvalue weighted by molar-refractivity contribution is 5.67. The van der Waals surface area contributed by atoms with E-state index in [9.17, 15) is 0 Å². The topological polar surface area (TPSA) is 22.4 Å². The van der Waals surface area contributed by atoms with E-state index in [1.807, 2.05) is 0 Å². The van der Waals surface area contributed by atoms with Gasteiger partial charge in [0.25, 0.3) is 0 Å². The number of benzene rings is 1. The minimum Gasteiger partial charge on any atom is -0.457 e. The lowest BCUT2D eigenvalue weighted by atomic mass is 9.72. The Morgan fingerprint density at radius 3 is 2.73 bits per heavy atom. The molecule has 3 fully saturated rings. The van der Waals surface area contributed by atoms with Crippen LogP contribution in [0.5, 0.6) is 0 Å². The fourth-order valence-electron chi connectivity index (χ4n) is 3.29. The molecular formula is C13H14O2. The summed E-state index contributed by atoms with van der Waals surface area (Å²) in [5, 5.41) is 0. The summed E-state index contributed by atoms with van der Waals surface area (Å²) < 4.78 is 11.4. The lowest BCUT2D eigenvalue weighted by Crippen LogP contribution is -2.38. The molecule has 2 aliphatic heterocycles. The molecule has 0 aromatic carbocycles. The summed E-state index contributed by atoms with van der Waals surface area (Å²) >= 11 is 0. The Labute approximate surface area is 88.5 Å². The second kappa shape index (κ2) is 2.76. The molecule has 3 unspecified atom stereocenters. The number of hydrogen-bond acceptors (Lipinski definition) is 2. The van der Waals surface area contributed by atoms with E-state index in [1.54, 1.807) is 0 Å². The third-order valence-corrected chi connectivity index (χ3v) is 4.10. The molecule has 1 saturated carbocycles. The zero-order valence-corrected chi connectivity index (χ0v) is 8.61. The van der Waals surface area contributed by atoms with Gasteiger partial charge in [0.2, 0.25) is 0 Å². The second-order valence-electron chi connectivity index (χ2n) is 4.94. The highest BCUT2D eigenvalue weighted by Crippen LogP contribution is 2.45. The van der Waals surface area contributed by atoms with Crippen LogP contribution in [0.1, 0.15) is 30.7 Å². The van der Waals surface area contributed by atoms with Crippen molar-refractivity contribution in [1.82, 2.24) is 0 Å². The van der Waals surface area contributed by atoms with E-state index in [0.29, 0.717) is 12.0 Å². The Morgan fingerprint density at radius 2 is 2.20 bits per heavy atom. The third kappa shape index (κ3) is 1.08. The van der Waals surface area contributed by atoms with Crippen molar-refractivity contribution < 1.29 is 9.15 Å². The first-order valence-corrected chi connectivity index (χ1v) is 5.83. The molecule has 0 amide bonds. The van der Waals surface area contributed by atoms with E-state index in [-0.39, 0.29) is 0 Å². The van der Waals surface area contributed by atoms with Gasteiger partial charge in [-0.1, -0.05) is 0 Å². The number of furan rings is 2. The van der Waals surface area contributed by atoms with E-state index >= 15 is 0 Å². The maximum Gasteiger partial charge on any atom is 0.131 e. The molecule has 4 bridgehead atoms. The van der Waals surface area contributed by atoms with E-state index in [0.717, 1.165) is 23.7 Å². The third-order valence-electron chi connectivity index (χ3n) is 4.10. The average molecular weight is 202 g/mol. The summed E-state index contributed by atoms with van der Waals surface area (Å²) in [6, 6.07) is 6.38. The van der Waals surface area contributed by atoms with Crippen LogP contribution in [0, 0.1) is 5.92 Å². The average Bonchev–Trinajstić information content (AvgIpc) is 2.92. The Balaban J connectivity index is 1.75. The molecule has 2 nitrogen and oxygen atoms in total. The van der Waals surface area contributed by atoms with Gasteiger partial charge in [-0.05, 0) is 49.3 Å². The highest BCUT2D eigenvalue weighted by Gasteiger charge is 2.38. The van der Waals surface area contributed by atoms with Crippen molar-refractivity contribution in [1.29, 1.82) is 0 Å². The van der Waals surface area contributed by atoms with Gasteiger partial charge in [-0.2, -0.15) is 0 Å². The molecule has 2 saturated heterocycles. The molecule has 5 rings (SSSR count). The zero-order chi connectivity index (χ0) is 9.83. The van der Waals surface area contributed by atoms with Crippen LogP contribution in [0.2, 0.25) is 0 Å². The Morgan fingerprint density at radius 1 is 1.20 bits per heavy atom. The number of fused-ring (bicyclic) bond motifs is 5. The van der Waals surface area contributed by atoms with Crippen molar-refractivity contribution in [3.05, 3.63) is 23.8 Å².